The van der Waals surface area contributed by atoms with Crippen LogP contribution in [0.25, 0.3) is 0 Å². The van der Waals surface area contributed by atoms with E-state index in [1.807, 2.05) is 0 Å². The molecule has 0 aromatic rings. The van der Waals surface area contributed by atoms with Gasteiger partial charge in [-0.15, -0.1) is 0 Å². The minimum Gasteiger partial charge on any atom is -0.330 e. The van der Waals surface area contributed by atoms with Crippen LogP contribution in [0.3, 0.4) is 0 Å². The Bertz CT molecular complexity index is 134. The summed E-state index contributed by atoms with van der Waals surface area (Å²) in [6.07, 6.45) is 22.9. The van der Waals surface area contributed by atoms with Gasteiger partial charge in [0.05, 0.1) is 0 Å². The Labute approximate surface area is 124 Å². The fourth-order valence-corrected chi connectivity index (χ4v) is 2.69. The van der Waals surface area contributed by atoms with Gasteiger partial charge in [0.15, 0.2) is 0 Å². The normalized spacial score (nSPS) is 11.1. The quantitative estimate of drug-likeness (QED) is 0.326. The minimum absolute atomic E-state index is 0. The molecule has 0 fully saturated rings. The molecule has 0 heterocycles. The maximum atomic E-state index is 5.48. The highest BCUT2D eigenvalue weighted by Crippen LogP contribution is 2.13. The molecule has 0 rings (SSSR count). The number of hydrogen-bond donors (Lipinski definition) is 1. The molecule has 0 saturated heterocycles. The molecular formula is C18H40N+. The van der Waals surface area contributed by atoms with Crippen molar-refractivity contribution in [1.29, 1.82) is 0 Å². The van der Waals surface area contributed by atoms with Crippen LogP contribution in [0.2, 0.25) is 0 Å². The number of hydrogen-bond acceptors (Lipinski definition) is 1. The molecule has 0 saturated carbocycles. The standard InChI is InChI=1S/C18H39N/c1-2-3-4-5-6-7-8-9-10-11-12-13-14-15-16-17-18-19/h2-19H2,1H3/p+1/i/hH. The smallest absolute Gasteiger partial charge is 0.330 e. The molecule has 0 aromatic carbocycles. The van der Waals surface area contributed by atoms with Crippen molar-refractivity contribution in [3.8, 4) is 0 Å². The molecule has 0 aliphatic carbocycles. The third kappa shape index (κ3) is 18.0. The van der Waals surface area contributed by atoms with Gasteiger partial charge in [-0.2, -0.15) is 0 Å². The number of nitrogens with two attached hydrogens (primary N) is 1. The van der Waals surface area contributed by atoms with Gasteiger partial charge in [0.25, 0.3) is 0 Å². The minimum atomic E-state index is 0. The van der Waals surface area contributed by atoms with Gasteiger partial charge in [0.1, 0.15) is 0 Å². The summed E-state index contributed by atoms with van der Waals surface area (Å²) in [6, 6.07) is 0. The summed E-state index contributed by atoms with van der Waals surface area (Å²) in [5.74, 6) is 0. The van der Waals surface area contributed by atoms with E-state index in [4.69, 9.17) is 5.73 Å². The first kappa shape index (κ1) is 19.0. The maximum Gasteiger partial charge on any atom is 1.00 e. The molecule has 1 heteroatoms. The predicted molar refractivity (Wildman–Crippen MR) is 89.7 cm³/mol. The van der Waals surface area contributed by atoms with Crippen molar-refractivity contribution in [2.24, 2.45) is 5.73 Å². The Morgan fingerprint density at radius 2 is 0.737 bits per heavy atom. The SMILES string of the molecule is CCCCCCCCCCCCCCCCCCN.[1H+]. The van der Waals surface area contributed by atoms with Crippen LogP contribution in [-0.2, 0) is 0 Å². The summed E-state index contributed by atoms with van der Waals surface area (Å²) in [6.45, 7) is 3.16. The van der Waals surface area contributed by atoms with Gasteiger partial charge in [-0.05, 0) is 13.0 Å². The van der Waals surface area contributed by atoms with E-state index in [2.05, 4.69) is 6.92 Å². The van der Waals surface area contributed by atoms with Crippen molar-refractivity contribution in [2.75, 3.05) is 6.54 Å². The van der Waals surface area contributed by atoms with Crippen LogP contribution >= 0.6 is 0 Å². The zero-order valence-corrected chi connectivity index (χ0v) is 13.6. The molecule has 0 spiro atoms. The first-order chi connectivity index (χ1) is 9.41. The Morgan fingerprint density at radius 1 is 0.474 bits per heavy atom. The molecule has 19 heavy (non-hydrogen) atoms. The van der Waals surface area contributed by atoms with Crippen LogP contribution in [0.5, 0.6) is 0 Å². The summed E-state index contributed by atoms with van der Waals surface area (Å²) < 4.78 is 0. The third-order valence-corrected chi connectivity index (χ3v) is 4.06. The third-order valence-electron chi connectivity index (χ3n) is 4.06. The summed E-state index contributed by atoms with van der Waals surface area (Å²) in [4.78, 5) is 0. The molecule has 0 aromatic heterocycles. The summed E-state index contributed by atoms with van der Waals surface area (Å²) in [7, 11) is 0. The maximum absolute atomic E-state index is 5.48. The molecule has 0 aliphatic rings. The van der Waals surface area contributed by atoms with Gasteiger partial charge in [-0.25, -0.2) is 0 Å². The molecule has 116 valence electrons. The molecule has 0 radical (unpaired) electrons. The van der Waals surface area contributed by atoms with E-state index < -0.39 is 0 Å². The fraction of sp³-hybridized carbons (Fsp3) is 1.00. The molecule has 0 atom stereocenters. The molecule has 0 amide bonds. The lowest BCUT2D eigenvalue weighted by molar-refractivity contribution is 0.530. The Hall–Kier alpha value is -0.0400. The van der Waals surface area contributed by atoms with Crippen LogP contribution in [0.1, 0.15) is 111 Å². The highest BCUT2D eigenvalue weighted by atomic mass is 14.5. The van der Waals surface area contributed by atoms with Crippen LogP contribution < -0.4 is 5.73 Å². The van der Waals surface area contributed by atoms with Gasteiger partial charge < -0.3 is 5.73 Å². The van der Waals surface area contributed by atoms with Gasteiger partial charge in [-0.3, -0.25) is 0 Å². The van der Waals surface area contributed by atoms with E-state index in [9.17, 15) is 0 Å². The first-order valence-electron chi connectivity index (χ1n) is 9.12. The summed E-state index contributed by atoms with van der Waals surface area (Å²) in [5.41, 5.74) is 5.48. The Balaban J connectivity index is 0. The Morgan fingerprint density at radius 3 is 1.00 bits per heavy atom. The molecule has 0 aliphatic heterocycles. The second kappa shape index (κ2) is 18.0. The predicted octanol–water partition coefficient (Wildman–Crippen LogP) is 6.32. The van der Waals surface area contributed by atoms with Crippen molar-refractivity contribution in [3.05, 3.63) is 0 Å². The van der Waals surface area contributed by atoms with Gasteiger partial charge in [-0.1, -0.05) is 103 Å². The van der Waals surface area contributed by atoms with E-state index in [0.717, 1.165) is 6.54 Å². The van der Waals surface area contributed by atoms with Crippen molar-refractivity contribution >= 4 is 0 Å². The fourth-order valence-electron chi connectivity index (χ4n) is 2.69. The van der Waals surface area contributed by atoms with E-state index in [1.165, 1.54) is 103 Å². The van der Waals surface area contributed by atoms with Crippen LogP contribution in [-0.4, -0.2) is 6.54 Å². The Kier molecular flexibility index (Phi) is 17.9. The summed E-state index contributed by atoms with van der Waals surface area (Å²) >= 11 is 0. The average molecular weight is 271 g/mol. The van der Waals surface area contributed by atoms with Gasteiger partial charge >= 0.3 is 1.43 Å². The van der Waals surface area contributed by atoms with Gasteiger partial charge in [0, 0.05) is 0 Å². The second-order valence-electron chi connectivity index (χ2n) is 6.09. The summed E-state index contributed by atoms with van der Waals surface area (Å²) in [5, 5.41) is 0. The molecule has 2 N–H and O–H groups in total. The lowest BCUT2D eigenvalue weighted by Crippen LogP contribution is -1.97. The lowest BCUT2D eigenvalue weighted by Gasteiger charge is -2.03. The van der Waals surface area contributed by atoms with Crippen molar-refractivity contribution in [3.63, 3.8) is 0 Å². The lowest BCUT2D eigenvalue weighted by atomic mass is 10.0. The van der Waals surface area contributed by atoms with E-state index in [0.29, 0.717) is 0 Å². The van der Waals surface area contributed by atoms with E-state index in [-0.39, 0.29) is 1.43 Å². The van der Waals surface area contributed by atoms with Crippen molar-refractivity contribution in [1.82, 2.24) is 0 Å². The molecule has 0 bridgehead atoms. The zero-order valence-electron chi connectivity index (χ0n) is 14.6. The number of unbranched alkanes of at least 4 members (excludes halogenated alkanes) is 15. The average Bonchev–Trinajstić information content (AvgIpc) is 2.43. The topological polar surface area (TPSA) is 26.0 Å². The molecule has 1 nitrogen and oxygen atoms in total. The highest BCUT2D eigenvalue weighted by molar-refractivity contribution is 4.49. The zero-order chi connectivity index (χ0) is 14.0. The largest absolute Gasteiger partial charge is 1.00 e. The van der Waals surface area contributed by atoms with Crippen LogP contribution in [0.4, 0.5) is 0 Å². The van der Waals surface area contributed by atoms with Crippen molar-refractivity contribution in [2.45, 2.75) is 110 Å². The molecular weight excluding hydrogens is 230 g/mol. The van der Waals surface area contributed by atoms with Gasteiger partial charge in [0.2, 0.25) is 0 Å². The monoisotopic (exact) mass is 270 g/mol. The second-order valence-corrected chi connectivity index (χ2v) is 6.09. The van der Waals surface area contributed by atoms with E-state index >= 15 is 0 Å². The van der Waals surface area contributed by atoms with Crippen LogP contribution in [0, 0.1) is 0 Å². The number of rotatable bonds is 16. The first-order valence-corrected chi connectivity index (χ1v) is 9.12. The van der Waals surface area contributed by atoms with Crippen LogP contribution in [0.15, 0.2) is 0 Å². The van der Waals surface area contributed by atoms with Crippen molar-refractivity contribution < 1.29 is 1.43 Å². The molecule has 0 unspecified atom stereocenters. The highest BCUT2D eigenvalue weighted by Gasteiger charge is 1.94. The van der Waals surface area contributed by atoms with E-state index in [1.54, 1.807) is 0 Å².